The van der Waals surface area contributed by atoms with Crippen molar-refractivity contribution in [2.24, 2.45) is 16.3 Å². The Labute approximate surface area is 84.8 Å². The summed E-state index contributed by atoms with van der Waals surface area (Å²) < 4.78 is 0. The van der Waals surface area contributed by atoms with Crippen LogP contribution < -0.4 is 0 Å². The van der Waals surface area contributed by atoms with E-state index in [9.17, 15) is 4.79 Å². The summed E-state index contributed by atoms with van der Waals surface area (Å²) in [6.07, 6.45) is 3.97. The lowest BCUT2D eigenvalue weighted by molar-refractivity contribution is 0.140. The molecule has 1 saturated carbocycles. The van der Waals surface area contributed by atoms with Crippen LogP contribution >= 0.6 is 0 Å². The van der Waals surface area contributed by atoms with Crippen LogP contribution in [-0.4, -0.2) is 11.6 Å². The predicted molar refractivity (Wildman–Crippen MR) is 53.3 cm³/mol. The molecule has 14 heavy (non-hydrogen) atoms. The van der Waals surface area contributed by atoms with E-state index in [4.69, 9.17) is 5.26 Å². The van der Waals surface area contributed by atoms with E-state index in [2.05, 4.69) is 31.8 Å². The highest BCUT2D eigenvalue weighted by atomic mass is 16.1. The third-order valence-corrected chi connectivity index (χ3v) is 2.83. The van der Waals surface area contributed by atoms with Crippen LogP contribution in [0.25, 0.3) is 0 Å². The van der Waals surface area contributed by atoms with Crippen molar-refractivity contribution in [3.05, 3.63) is 0 Å². The van der Waals surface area contributed by atoms with Gasteiger partial charge in [0.2, 0.25) is 6.08 Å². The fourth-order valence-corrected chi connectivity index (χ4v) is 2.81. The first-order valence-corrected chi connectivity index (χ1v) is 4.93. The molecule has 0 saturated heterocycles. The normalized spacial score (nSPS) is 35.4. The van der Waals surface area contributed by atoms with Gasteiger partial charge in [0.15, 0.2) is 5.54 Å². The number of isocyanates is 1. The number of nitriles is 1. The van der Waals surface area contributed by atoms with E-state index in [1.807, 2.05) is 0 Å². The highest BCUT2D eigenvalue weighted by Crippen LogP contribution is 2.45. The summed E-state index contributed by atoms with van der Waals surface area (Å²) in [6, 6.07) is 2.18. The van der Waals surface area contributed by atoms with E-state index >= 15 is 0 Å². The van der Waals surface area contributed by atoms with Crippen molar-refractivity contribution in [1.82, 2.24) is 0 Å². The molecule has 2 atom stereocenters. The van der Waals surface area contributed by atoms with Gasteiger partial charge in [-0.3, -0.25) is 0 Å². The maximum absolute atomic E-state index is 10.3. The zero-order chi connectivity index (χ0) is 10.8. The summed E-state index contributed by atoms with van der Waals surface area (Å²) >= 11 is 0. The van der Waals surface area contributed by atoms with E-state index in [1.54, 1.807) is 6.08 Å². The molecule has 0 aliphatic heterocycles. The minimum Gasteiger partial charge on any atom is -0.211 e. The molecule has 0 heterocycles. The van der Waals surface area contributed by atoms with Crippen molar-refractivity contribution in [3.8, 4) is 6.07 Å². The molecule has 0 aromatic carbocycles. The first-order valence-electron chi connectivity index (χ1n) is 4.93. The summed E-state index contributed by atoms with van der Waals surface area (Å²) in [4.78, 5) is 14.0. The van der Waals surface area contributed by atoms with Gasteiger partial charge < -0.3 is 0 Å². The van der Waals surface area contributed by atoms with Gasteiger partial charge >= 0.3 is 0 Å². The minimum atomic E-state index is -0.817. The second-order valence-corrected chi connectivity index (χ2v) is 5.20. The Morgan fingerprint density at radius 3 is 2.50 bits per heavy atom. The summed E-state index contributed by atoms with van der Waals surface area (Å²) in [5.41, 5.74) is -0.726. The Hall–Kier alpha value is -1.13. The van der Waals surface area contributed by atoms with Crippen LogP contribution in [0.3, 0.4) is 0 Å². The number of hydrogen-bond donors (Lipinski definition) is 0. The van der Waals surface area contributed by atoms with E-state index in [0.717, 1.165) is 6.42 Å². The van der Waals surface area contributed by atoms with Crippen molar-refractivity contribution in [1.29, 1.82) is 5.26 Å². The number of rotatable bonds is 1. The third-order valence-electron chi connectivity index (χ3n) is 2.83. The molecule has 0 spiro atoms. The molecule has 1 aliphatic rings. The molecule has 0 N–H and O–H groups in total. The molecular formula is C11H16N2O. The van der Waals surface area contributed by atoms with Crippen LogP contribution in [0.15, 0.2) is 4.99 Å². The highest BCUT2D eigenvalue weighted by Gasteiger charge is 2.43. The average molecular weight is 192 g/mol. The van der Waals surface area contributed by atoms with Gasteiger partial charge in [0.1, 0.15) is 0 Å². The predicted octanol–water partition coefficient (Wildman–Crippen LogP) is 2.43. The smallest absolute Gasteiger partial charge is 0.211 e. The van der Waals surface area contributed by atoms with Crippen LogP contribution in [0.1, 0.15) is 40.0 Å². The van der Waals surface area contributed by atoms with Gasteiger partial charge in [0.25, 0.3) is 0 Å². The lowest BCUT2D eigenvalue weighted by atomic mass is 9.65. The minimum absolute atomic E-state index is 0.0910. The second-order valence-electron chi connectivity index (χ2n) is 5.20. The standard InChI is InChI=1S/C11H16N2O/c1-9-4-10(2,3)6-11(5-9,7-12)13-8-14/h9H,4-6H2,1-3H3. The monoisotopic (exact) mass is 192 g/mol. The van der Waals surface area contributed by atoms with Gasteiger partial charge in [0, 0.05) is 0 Å². The maximum atomic E-state index is 10.3. The summed E-state index contributed by atoms with van der Waals surface area (Å²) in [5.74, 6) is 0.440. The van der Waals surface area contributed by atoms with E-state index in [0.29, 0.717) is 18.8 Å². The average Bonchev–Trinajstić information content (AvgIpc) is 2.00. The molecule has 0 radical (unpaired) electrons. The molecule has 0 aromatic rings. The van der Waals surface area contributed by atoms with E-state index in [-0.39, 0.29) is 5.41 Å². The van der Waals surface area contributed by atoms with Crippen molar-refractivity contribution < 1.29 is 4.79 Å². The molecule has 3 heteroatoms. The van der Waals surface area contributed by atoms with Crippen molar-refractivity contribution >= 4 is 6.08 Å². The molecule has 1 aliphatic carbocycles. The quantitative estimate of drug-likeness (QED) is 0.473. The Bertz CT molecular complexity index is 310. The molecule has 0 amide bonds. The third kappa shape index (κ3) is 2.21. The molecule has 1 rings (SSSR count). The Morgan fingerprint density at radius 1 is 1.43 bits per heavy atom. The number of carbonyl (C=O) groups excluding carboxylic acids is 1. The van der Waals surface area contributed by atoms with Gasteiger partial charge in [-0.25, -0.2) is 4.79 Å². The molecule has 2 unspecified atom stereocenters. The SMILES string of the molecule is CC1CC(C)(C)CC(C#N)(N=C=O)C1. The van der Waals surface area contributed by atoms with Crippen LogP contribution in [0.5, 0.6) is 0 Å². The Kier molecular flexibility index (Phi) is 2.78. The van der Waals surface area contributed by atoms with Crippen LogP contribution in [-0.2, 0) is 4.79 Å². The van der Waals surface area contributed by atoms with Crippen molar-refractivity contribution in [2.75, 3.05) is 0 Å². The van der Waals surface area contributed by atoms with Gasteiger partial charge in [-0.05, 0) is 30.6 Å². The van der Waals surface area contributed by atoms with E-state index < -0.39 is 5.54 Å². The molecule has 76 valence electrons. The fourth-order valence-electron chi connectivity index (χ4n) is 2.81. The zero-order valence-corrected chi connectivity index (χ0v) is 9.00. The molecule has 3 nitrogen and oxygen atoms in total. The Balaban J connectivity index is 2.99. The largest absolute Gasteiger partial charge is 0.236 e. The van der Waals surface area contributed by atoms with Crippen LogP contribution in [0.4, 0.5) is 0 Å². The number of hydrogen-bond acceptors (Lipinski definition) is 3. The zero-order valence-electron chi connectivity index (χ0n) is 9.00. The topological polar surface area (TPSA) is 53.2 Å². The molecular weight excluding hydrogens is 176 g/mol. The van der Waals surface area contributed by atoms with E-state index in [1.165, 1.54) is 0 Å². The highest BCUT2D eigenvalue weighted by molar-refractivity contribution is 5.37. The lowest BCUT2D eigenvalue weighted by Crippen LogP contribution is -2.39. The van der Waals surface area contributed by atoms with Crippen LogP contribution in [0, 0.1) is 22.7 Å². The van der Waals surface area contributed by atoms with Gasteiger partial charge in [-0.1, -0.05) is 20.8 Å². The van der Waals surface area contributed by atoms with Crippen molar-refractivity contribution in [2.45, 2.75) is 45.6 Å². The van der Waals surface area contributed by atoms with Crippen molar-refractivity contribution in [3.63, 3.8) is 0 Å². The number of aliphatic imine (C=N–C) groups is 1. The lowest BCUT2D eigenvalue weighted by Gasteiger charge is -2.40. The summed E-state index contributed by atoms with van der Waals surface area (Å²) in [5, 5.41) is 9.10. The molecule has 1 fully saturated rings. The maximum Gasteiger partial charge on any atom is 0.236 e. The van der Waals surface area contributed by atoms with Gasteiger partial charge in [-0.2, -0.15) is 10.3 Å². The van der Waals surface area contributed by atoms with Crippen LogP contribution in [0.2, 0.25) is 0 Å². The Morgan fingerprint density at radius 2 is 2.07 bits per heavy atom. The first kappa shape index (κ1) is 10.9. The summed E-state index contributed by atoms with van der Waals surface area (Å²) in [7, 11) is 0. The first-order chi connectivity index (χ1) is 6.43. The number of nitrogens with zero attached hydrogens (tertiary/aromatic N) is 2. The fraction of sp³-hybridized carbons (Fsp3) is 0.818. The molecule has 0 bridgehead atoms. The van der Waals surface area contributed by atoms with Gasteiger partial charge in [0.05, 0.1) is 6.07 Å². The van der Waals surface area contributed by atoms with Gasteiger partial charge in [-0.15, -0.1) is 0 Å². The summed E-state index contributed by atoms with van der Waals surface area (Å²) in [6.45, 7) is 6.34. The molecule has 0 aromatic heterocycles. The second kappa shape index (κ2) is 3.55.